The second kappa shape index (κ2) is 10.6. The molecule has 0 fully saturated rings. The summed E-state index contributed by atoms with van der Waals surface area (Å²) >= 11 is 0. The molecule has 1 aromatic carbocycles. The minimum atomic E-state index is -0.103. The van der Waals surface area contributed by atoms with E-state index in [9.17, 15) is 5.11 Å². The third-order valence-corrected chi connectivity index (χ3v) is 3.20. The van der Waals surface area contributed by atoms with Gasteiger partial charge in [0.2, 0.25) is 0 Å². The van der Waals surface area contributed by atoms with Gasteiger partial charge in [0.1, 0.15) is 12.4 Å². The number of allylic oxidation sites excluding steroid dienone is 2. The summed E-state index contributed by atoms with van der Waals surface area (Å²) in [6, 6.07) is 8.46. The van der Waals surface area contributed by atoms with Gasteiger partial charge in [0.05, 0.1) is 6.61 Å². The monoisotopic (exact) mass is 319 g/mol. The van der Waals surface area contributed by atoms with Crippen LogP contribution in [-0.4, -0.2) is 24.4 Å². The van der Waals surface area contributed by atoms with Gasteiger partial charge in [-0.2, -0.15) is 0 Å². The van der Waals surface area contributed by atoms with E-state index in [-0.39, 0.29) is 7.19 Å². The summed E-state index contributed by atoms with van der Waals surface area (Å²) in [6.07, 6.45) is 3.13. The van der Waals surface area contributed by atoms with Crippen molar-refractivity contribution in [1.82, 2.24) is 5.32 Å². The lowest BCUT2D eigenvalue weighted by Crippen LogP contribution is -2.30. The molecule has 0 saturated carbocycles. The summed E-state index contributed by atoms with van der Waals surface area (Å²) in [5.74, 6) is 0.226. The maximum absolute atomic E-state index is 9.39. The number of nitrogens with one attached hydrogen (secondary N) is 1. The van der Waals surface area contributed by atoms with Crippen LogP contribution in [0.4, 0.5) is 0 Å². The SMILES string of the molecule is C=C/C=C(/OCc1ccc(CNC(C)COCC)cc1)C(=C)O.[HH]. The molecule has 0 spiro atoms. The van der Waals surface area contributed by atoms with Crippen LogP contribution in [0.3, 0.4) is 0 Å². The largest absolute Gasteiger partial charge is 0.505 e. The Bertz CT molecular complexity index is 526. The van der Waals surface area contributed by atoms with Crippen LogP contribution in [0.15, 0.2) is 61.1 Å². The van der Waals surface area contributed by atoms with Gasteiger partial charge >= 0.3 is 0 Å². The predicted octanol–water partition coefficient (Wildman–Crippen LogP) is 4.11. The predicted molar refractivity (Wildman–Crippen MR) is 96.2 cm³/mol. The second-order valence-electron chi connectivity index (χ2n) is 5.26. The Kier molecular flexibility index (Phi) is 8.80. The average Bonchev–Trinajstić information content (AvgIpc) is 2.55. The van der Waals surface area contributed by atoms with Crippen LogP contribution in [-0.2, 0) is 22.6 Å². The molecule has 0 heterocycles. The molecule has 23 heavy (non-hydrogen) atoms. The molecule has 4 heteroatoms. The summed E-state index contributed by atoms with van der Waals surface area (Å²) in [4.78, 5) is 0. The number of aliphatic hydroxyl groups is 1. The first kappa shape index (κ1) is 19.0. The fraction of sp³-hybridized carbons (Fsp3) is 0.368. The van der Waals surface area contributed by atoms with Gasteiger partial charge in [-0.05, 0) is 31.1 Å². The highest BCUT2D eigenvalue weighted by Gasteiger charge is 2.03. The van der Waals surface area contributed by atoms with Crippen molar-refractivity contribution >= 4 is 0 Å². The van der Waals surface area contributed by atoms with Crippen LogP contribution in [0.1, 0.15) is 26.4 Å². The molecule has 0 bridgehead atoms. The third kappa shape index (κ3) is 7.68. The summed E-state index contributed by atoms with van der Waals surface area (Å²) in [5, 5.41) is 12.8. The summed E-state index contributed by atoms with van der Waals surface area (Å²) in [7, 11) is 0. The van der Waals surface area contributed by atoms with E-state index in [0.717, 1.165) is 18.7 Å². The van der Waals surface area contributed by atoms with Crippen LogP contribution in [0, 0.1) is 0 Å². The van der Waals surface area contributed by atoms with Crippen LogP contribution in [0.25, 0.3) is 0 Å². The first-order valence-electron chi connectivity index (χ1n) is 7.79. The van der Waals surface area contributed by atoms with E-state index in [1.54, 1.807) is 12.2 Å². The molecular formula is C19H29NO3. The Morgan fingerprint density at radius 2 is 2.00 bits per heavy atom. The lowest BCUT2D eigenvalue weighted by Gasteiger charge is -2.14. The Balaban J connectivity index is 0.00000529. The van der Waals surface area contributed by atoms with Crippen molar-refractivity contribution in [3.05, 3.63) is 72.2 Å². The van der Waals surface area contributed by atoms with Gasteiger partial charge in [-0.15, -0.1) is 0 Å². The van der Waals surface area contributed by atoms with Crippen molar-refractivity contribution in [3.63, 3.8) is 0 Å². The van der Waals surface area contributed by atoms with E-state index < -0.39 is 0 Å². The van der Waals surface area contributed by atoms with Gasteiger partial charge in [-0.1, -0.05) is 43.5 Å². The molecule has 128 valence electrons. The molecule has 0 aliphatic carbocycles. The van der Waals surface area contributed by atoms with E-state index in [4.69, 9.17) is 9.47 Å². The molecular weight excluding hydrogens is 290 g/mol. The van der Waals surface area contributed by atoms with Crippen LogP contribution < -0.4 is 5.32 Å². The van der Waals surface area contributed by atoms with Gasteiger partial charge in [-0.25, -0.2) is 0 Å². The number of aliphatic hydroxyl groups excluding tert-OH is 1. The number of ether oxygens (including phenoxy) is 2. The van der Waals surface area contributed by atoms with Crippen molar-refractivity contribution < 1.29 is 16.0 Å². The van der Waals surface area contributed by atoms with E-state index in [1.165, 1.54) is 5.56 Å². The minimum Gasteiger partial charge on any atom is -0.505 e. The maximum Gasteiger partial charge on any atom is 0.160 e. The van der Waals surface area contributed by atoms with Gasteiger partial charge < -0.3 is 19.9 Å². The normalized spacial score (nSPS) is 12.7. The Labute approximate surface area is 140 Å². The number of hydrogen-bond acceptors (Lipinski definition) is 4. The smallest absolute Gasteiger partial charge is 0.160 e. The Morgan fingerprint density at radius 3 is 2.57 bits per heavy atom. The Morgan fingerprint density at radius 1 is 1.35 bits per heavy atom. The van der Waals surface area contributed by atoms with Crippen molar-refractivity contribution in [1.29, 1.82) is 0 Å². The second-order valence-corrected chi connectivity index (χ2v) is 5.26. The minimum absolute atomic E-state index is 0. The lowest BCUT2D eigenvalue weighted by atomic mass is 10.1. The van der Waals surface area contributed by atoms with E-state index in [2.05, 4.69) is 37.5 Å². The lowest BCUT2D eigenvalue weighted by molar-refractivity contribution is 0.127. The van der Waals surface area contributed by atoms with E-state index in [1.807, 2.05) is 19.1 Å². The van der Waals surface area contributed by atoms with Crippen molar-refractivity contribution in [2.75, 3.05) is 13.2 Å². The first-order valence-corrected chi connectivity index (χ1v) is 7.79. The molecule has 1 rings (SSSR count). The molecule has 1 atom stereocenters. The molecule has 0 amide bonds. The molecule has 0 aromatic heterocycles. The zero-order chi connectivity index (χ0) is 17.1. The molecule has 0 radical (unpaired) electrons. The highest BCUT2D eigenvalue weighted by Crippen LogP contribution is 2.12. The Hall–Kier alpha value is -2.04. The van der Waals surface area contributed by atoms with E-state index >= 15 is 0 Å². The molecule has 1 aromatic rings. The molecule has 1 unspecified atom stereocenters. The molecule has 2 N–H and O–H groups in total. The van der Waals surface area contributed by atoms with Gasteiger partial charge in [0.15, 0.2) is 5.76 Å². The molecule has 0 aliphatic heterocycles. The number of rotatable bonds is 11. The topological polar surface area (TPSA) is 50.7 Å². The fourth-order valence-corrected chi connectivity index (χ4v) is 1.89. The van der Waals surface area contributed by atoms with Crippen molar-refractivity contribution in [3.8, 4) is 0 Å². The van der Waals surface area contributed by atoms with Crippen LogP contribution in [0.5, 0.6) is 0 Å². The maximum atomic E-state index is 9.39. The molecule has 0 aliphatic rings. The molecule has 4 nitrogen and oxygen atoms in total. The van der Waals surface area contributed by atoms with Crippen LogP contribution >= 0.6 is 0 Å². The zero-order valence-corrected chi connectivity index (χ0v) is 14.0. The van der Waals surface area contributed by atoms with Gasteiger partial charge in [0.25, 0.3) is 0 Å². The van der Waals surface area contributed by atoms with E-state index in [0.29, 0.717) is 25.0 Å². The number of hydrogen-bond donors (Lipinski definition) is 2. The zero-order valence-electron chi connectivity index (χ0n) is 14.0. The highest BCUT2D eigenvalue weighted by molar-refractivity contribution is 5.24. The summed E-state index contributed by atoms with van der Waals surface area (Å²) in [5.41, 5.74) is 2.22. The standard InChI is InChI=1S/C19H27NO3.H2/c1-5-7-19(16(4)21)23-14-18-10-8-17(9-11-18)12-20-15(3)13-22-6-2;/h5,7-11,15,20-21H,1,4,6,12-14H2,2-3H3;1H/b19-7+;. The average molecular weight is 319 g/mol. The molecule has 0 saturated heterocycles. The number of benzene rings is 1. The quantitative estimate of drug-likeness (QED) is 0.476. The van der Waals surface area contributed by atoms with Crippen molar-refractivity contribution in [2.45, 2.75) is 33.0 Å². The van der Waals surface area contributed by atoms with Crippen LogP contribution in [0.2, 0.25) is 0 Å². The fourth-order valence-electron chi connectivity index (χ4n) is 1.89. The van der Waals surface area contributed by atoms with Crippen molar-refractivity contribution in [2.24, 2.45) is 0 Å². The van der Waals surface area contributed by atoms with Gasteiger partial charge in [-0.3, -0.25) is 0 Å². The summed E-state index contributed by atoms with van der Waals surface area (Å²) < 4.78 is 10.9. The summed E-state index contributed by atoms with van der Waals surface area (Å²) in [6.45, 7) is 13.8. The highest BCUT2D eigenvalue weighted by atomic mass is 16.5. The van der Waals surface area contributed by atoms with Gasteiger partial charge in [0, 0.05) is 20.6 Å². The third-order valence-electron chi connectivity index (χ3n) is 3.20. The first-order chi connectivity index (χ1) is 11.1.